The number of aliphatic carboxylic acids is 1. The van der Waals surface area contributed by atoms with Gasteiger partial charge >= 0.3 is 5.97 Å². The summed E-state index contributed by atoms with van der Waals surface area (Å²) < 4.78 is 27.4. The second-order valence-corrected chi connectivity index (χ2v) is 9.95. The monoisotopic (exact) mass is 506 g/mol. The summed E-state index contributed by atoms with van der Waals surface area (Å²) in [5.74, 6) is -0.710. The van der Waals surface area contributed by atoms with Gasteiger partial charge in [0.2, 0.25) is 0 Å². The van der Waals surface area contributed by atoms with Crippen molar-refractivity contribution in [1.29, 1.82) is 0 Å². The van der Waals surface area contributed by atoms with E-state index in [-0.39, 0.29) is 31.1 Å². The van der Waals surface area contributed by atoms with Crippen molar-refractivity contribution < 1.29 is 23.8 Å². The van der Waals surface area contributed by atoms with Crippen molar-refractivity contribution in [3.8, 4) is 16.9 Å². The van der Waals surface area contributed by atoms with Crippen LogP contribution in [0, 0.1) is 5.82 Å². The van der Waals surface area contributed by atoms with E-state index in [0.29, 0.717) is 29.0 Å². The van der Waals surface area contributed by atoms with E-state index in [0.717, 1.165) is 29.8 Å². The summed E-state index contributed by atoms with van der Waals surface area (Å²) in [6.07, 6.45) is 0.158. The summed E-state index contributed by atoms with van der Waals surface area (Å²) >= 11 is 0. The van der Waals surface area contributed by atoms with E-state index in [1.807, 2.05) is 24.3 Å². The highest BCUT2D eigenvalue weighted by atomic mass is 19.1. The second-order valence-electron chi connectivity index (χ2n) is 9.95. The van der Waals surface area contributed by atoms with Crippen LogP contribution in [0.2, 0.25) is 0 Å². The smallest absolute Gasteiger partial charge is 0.307 e. The number of nitrogens with zero attached hydrogens (tertiary/aromatic N) is 1. The van der Waals surface area contributed by atoms with Gasteiger partial charge in [0.25, 0.3) is 0 Å². The highest BCUT2D eigenvalue weighted by Gasteiger charge is 2.23. The number of morpholine rings is 1. The number of hydrogen-bond acceptors (Lipinski definition) is 5. The maximum Gasteiger partial charge on any atom is 0.307 e. The van der Waals surface area contributed by atoms with Crippen LogP contribution in [0.15, 0.2) is 60.7 Å². The van der Waals surface area contributed by atoms with Crippen molar-refractivity contribution in [2.75, 3.05) is 13.1 Å². The van der Waals surface area contributed by atoms with Gasteiger partial charge in [0, 0.05) is 42.4 Å². The first-order valence-electron chi connectivity index (χ1n) is 12.7. The molecule has 0 radical (unpaired) electrons. The molecule has 37 heavy (non-hydrogen) atoms. The van der Waals surface area contributed by atoms with E-state index in [4.69, 9.17) is 15.2 Å². The summed E-state index contributed by atoms with van der Waals surface area (Å²) in [5, 5.41) is 9.24. The fraction of sp³-hybridized carbons (Fsp3) is 0.367. The molecule has 3 N–H and O–H groups in total. The van der Waals surface area contributed by atoms with E-state index in [1.165, 1.54) is 0 Å². The number of nitrogens with two attached hydrogens (primary N) is 1. The Kier molecular flexibility index (Phi) is 8.59. The Labute approximate surface area is 217 Å². The molecule has 7 heteroatoms. The Morgan fingerprint density at radius 3 is 2.51 bits per heavy atom. The minimum Gasteiger partial charge on any atom is -0.489 e. The van der Waals surface area contributed by atoms with Gasteiger partial charge in [-0.15, -0.1) is 0 Å². The Morgan fingerprint density at radius 2 is 1.81 bits per heavy atom. The lowest BCUT2D eigenvalue weighted by Crippen LogP contribution is -2.44. The molecular weight excluding hydrogens is 471 g/mol. The quantitative estimate of drug-likeness (QED) is 0.408. The Bertz CT molecular complexity index is 1240. The van der Waals surface area contributed by atoms with Crippen LogP contribution in [0.4, 0.5) is 4.39 Å². The van der Waals surface area contributed by atoms with Crippen LogP contribution in [0.3, 0.4) is 0 Å². The topological polar surface area (TPSA) is 85.0 Å². The number of hydrogen-bond donors (Lipinski definition) is 2. The molecule has 1 aliphatic heterocycles. The summed E-state index contributed by atoms with van der Waals surface area (Å²) in [6, 6.07) is 18.0. The summed E-state index contributed by atoms with van der Waals surface area (Å²) in [4.78, 5) is 13.6. The van der Waals surface area contributed by atoms with E-state index in [2.05, 4.69) is 24.8 Å². The zero-order chi connectivity index (χ0) is 26.5. The van der Waals surface area contributed by atoms with Gasteiger partial charge in [-0.25, -0.2) is 4.39 Å². The highest BCUT2D eigenvalue weighted by molar-refractivity contribution is 5.71. The molecule has 0 amide bonds. The minimum atomic E-state index is -0.918. The molecule has 6 nitrogen and oxygen atoms in total. The molecule has 1 heterocycles. The van der Waals surface area contributed by atoms with Crippen molar-refractivity contribution in [1.82, 2.24) is 4.90 Å². The molecule has 1 aliphatic rings. The number of carbonyl (C=O) groups is 1. The number of benzene rings is 3. The minimum absolute atomic E-state index is 0.121. The van der Waals surface area contributed by atoms with Crippen LogP contribution in [-0.2, 0) is 29.1 Å². The lowest BCUT2D eigenvalue weighted by Gasteiger charge is -2.35. The third kappa shape index (κ3) is 6.95. The fourth-order valence-corrected chi connectivity index (χ4v) is 5.00. The Balaban J connectivity index is 1.67. The van der Waals surface area contributed by atoms with Crippen LogP contribution in [-0.4, -0.2) is 41.3 Å². The molecule has 0 bridgehead atoms. The van der Waals surface area contributed by atoms with E-state index in [9.17, 15) is 9.90 Å². The second kappa shape index (κ2) is 11.9. The Hall–Kier alpha value is -3.26. The summed E-state index contributed by atoms with van der Waals surface area (Å²) in [6.45, 7) is 8.47. The number of rotatable bonds is 9. The highest BCUT2D eigenvalue weighted by Crippen LogP contribution is 2.30. The summed E-state index contributed by atoms with van der Waals surface area (Å²) in [5.41, 5.74) is 10.3. The van der Waals surface area contributed by atoms with Gasteiger partial charge < -0.3 is 20.3 Å². The normalized spacial score (nSPS) is 18.9. The number of halogens is 1. The molecule has 196 valence electrons. The van der Waals surface area contributed by atoms with E-state index >= 15 is 4.39 Å². The molecule has 0 spiro atoms. The van der Waals surface area contributed by atoms with Gasteiger partial charge in [-0.3, -0.25) is 9.69 Å². The number of ether oxygens (including phenoxy) is 2. The number of carboxylic acid groups (broad SMARTS) is 1. The average molecular weight is 507 g/mol. The third-order valence-corrected chi connectivity index (χ3v) is 6.49. The molecule has 4 rings (SSSR count). The molecule has 0 saturated carbocycles. The van der Waals surface area contributed by atoms with Crippen LogP contribution < -0.4 is 10.5 Å². The predicted molar refractivity (Wildman–Crippen MR) is 142 cm³/mol. The molecular formula is C30H35FN2O4. The van der Waals surface area contributed by atoms with Gasteiger partial charge in [-0.1, -0.05) is 42.5 Å². The van der Waals surface area contributed by atoms with Crippen molar-refractivity contribution in [3.63, 3.8) is 0 Å². The lowest BCUT2D eigenvalue weighted by atomic mass is 9.96. The third-order valence-electron chi connectivity index (χ3n) is 6.49. The van der Waals surface area contributed by atoms with Gasteiger partial charge in [0.15, 0.2) is 0 Å². The molecule has 1 saturated heterocycles. The zero-order valence-electron chi connectivity index (χ0n) is 21.6. The fourth-order valence-electron chi connectivity index (χ4n) is 5.00. The van der Waals surface area contributed by atoms with Crippen LogP contribution in [0.25, 0.3) is 11.1 Å². The van der Waals surface area contributed by atoms with Crippen molar-refractivity contribution in [2.24, 2.45) is 5.73 Å². The molecule has 3 aromatic rings. The van der Waals surface area contributed by atoms with Gasteiger partial charge in [0.05, 0.1) is 18.6 Å². The first kappa shape index (κ1) is 26.8. The lowest BCUT2D eigenvalue weighted by molar-refractivity contribution is -0.136. The van der Waals surface area contributed by atoms with Crippen molar-refractivity contribution >= 4 is 5.97 Å². The molecule has 1 fully saturated rings. The standard InChI is InChI=1S/C30H35FN2O4/c1-19-15-33(16-20(2)37-19)17-22-11-23(18-36-28-10-5-4-7-24(28)14-29(34)35)13-25(12-22)27-9-6-8-26(21(3)32)30(27)31/h4-13,19-21H,14-18,32H2,1-3H3,(H,34,35)/t19-,20+,21-/m1/s1. The Morgan fingerprint density at radius 1 is 1.11 bits per heavy atom. The number of para-hydroxylation sites is 1. The van der Waals surface area contributed by atoms with E-state index < -0.39 is 12.0 Å². The first-order chi connectivity index (χ1) is 17.7. The predicted octanol–water partition coefficient (Wildman–Crippen LogP) is 5.33. The van der Waals surface area contributed by atoms with E-state index in [1.54, 1.807) is 37.3 Å². The van der Waals surface area contributed by atoms with Crippen molar-refractivity contribution in [3.05, 3.63) is 88.7 Å². The maximum absolute atomic E-state index is 15.5. The zero-order valence-corrected chi connectivity index (χ0v) is 21.6. The number of carboxylic acids is 1. The van der Waals surface area contributed by atoms with Crippen LogP contribution in [0.5, 0.6) is 5.75 Å². The largest absolute Gasteiger partial charge is 0.489 e. The van der Waals surface area contributed by atoms with Crippen LogP contribution >= 0.6 is 0 Å². The summed E-state index contributed by atoms with van der Waals surface area (Å²) in [7, 11) is 0. The van der Waals surface area contributed by atoms with Gasteiger partial charge in [-0.2, -0.15) is 0 Å². The first-order valence-corrected chi connectivity index (χ1v) is 12.7. The molecule has 0 aliphatic carbocycles. The van der Waals surface area contributed by atoms with Crippen molar-refractivity contribution in [2.45, 2.75) is 58.6 Å². The SMILES string of the molecule is C[C@@H]1CN(Cc2cc(COc3ccccc3CC(=O)O)cc(-c3cccc([C@@H](C)N)c3F)c2)C[C@H](C)O1. The average Bonchev–Trinajstić information content (AvgIpc) is 2.82. The molecule has 0 aromatic heterocycles. The molecule has 3 aromatic carbocycles. The molecule has 0 unspecified atom stereocenters. The van der Waals surface area contributed by atoms with Gasteiger partial charge in [0.1, 0.15) is 18.2 Å². The van der Waals surface area contributed by atoms with Crippen LogP contribution in [0.1, 0.15) is 49.1 Å². The maximum atomic E-state index is 15.5. The van der Waals surface area contributed by atoms with Gasteiger partial charge in [-0.05, 0) is 55.7 Å². The molecule has 3 atom stereocenters.